The van der Waals surface area contributed by atoms with Gasteiger partial charge in [-0.3, -0.25) is 9.69 Å². The Morgan fingerprint density at radius 2 is 2.00 bits per heavy atom. The van der Waals surface area contributed by atoms with Gasteiger partial charge in [-0.2, -0.15) is 0 Å². The summed E-state index contributed by atoms with van der Waals surface area (Å²) in [5.41, 5.74) is 0. The van der Waals surface area contributed by atoms with Crippen molar-refractivity contribution in [2.45, 2.75) is 39.0 Å². The van der Waals surface area contributed by atoms with Crippen molar-refractivity contribution in [3.8, 4) is 0 Å². The molecule has 1 amide bonds. The number of nitrogens with zero attached hydrogens (tertiary/aromatic N) is 1. The second-order valence-corrected chi connectivity index (χ2v) is 4.61. The lowest BCUT2D eigenvalue weighted by molar-refractivity contribution is -0.121. The van der Waals surface area contributed by atoms with Crippen LogP contribution in [-0.2, 0) is 9.53 Å². The highest BCUT2D eigenvalue weighted by Gasteiger charge is 2.09. The number of hydrogen-bond acceptors (Lipinski definition) is 3. The van der Waals surface area contributed by atoms with Crippen LogP contribution in [0.5, 0.6) is 0 Å². The number of unbranched alkanes of at least 4 members (excludes halogenated alkanes) is 2. The summed E-state index contributed by atoms with van der Waals surface area (Å²) >= 11 is 0. The molecular formula is C13H26N2O2. The molecule has 100 valence electrons. The van der Waals surface area contributed by atoms with Gasteiger partial charge in [-0.15, -0.1) is 0 Å². The molecular weight excluding hydrogens is 216 g/mol. The topological polar surface area (TPSA) is 41.6 Å². The van der Waals surface area contributed by atoms with E-state index in [4.69, 9.17) is 4.74 Å². The first kappa shape index (κ1) is 14.5. The summed E-state index contributed by atoms with van der Waals surface area (Å²) in [4.78, 5) is 13.8. The number of nitrogens with one attached hydrogen (secondary N) is 1. The van der Waals surface area contributed by atoms with Gasteiger partial charge in [-0.05, 0) is 19.4 Å². The Balaban J connectivity index is 1.90. The van der Waals surface area contributed by atoms with E-state index in [1.54, 1.807) is 0 Å². The van der Waals surface area contributed by atoms with Gasteiger partial charge < -0.3 is 10.1 Å². The van der Waals surface area contributed by atoms with Gasteiger partial charge in [0.2, 0.25) is 5.91 Å². The molecule has 1 aliphatic rings. The maximum atomic E-state index is 11.4. The second-order valence-electron chi connectivity index (χ2n) is 4.61. The fraction of sp³-hybridized carbons (Fsp3) is 0.923. The highest BCUT2D eigenvalue weighted by Crippen LogP contribution is 1.99. The molecule has 1 fully saturated rings. The molecule has 0 radical (unpaired) electrons. The number of carbonyl (C=O) groups is 1. The number of carbonyl (C=O) groups excluding carboxylic acids is 1. The lowest BCUT2D eigenvalue weighted by Gasteiger charge is -2.26. The summed E-state index contributed by atoms with van der Waals surface area (Å²) in [7, 11) is 0. The minimum absolute atomic E-state index is 0.209. The lowest BCUT2D eigenvalue weighted by atomic mass is 10.2. The molecule has 4 nitrogen and oxygen atoms in total. The molecule has 0 spiro atoms. The Kier molecular flexibility index (Phi) is 8.01. The summed E-state index contributed by atoms with van der Waals surface area (Å²) in [5.74, 6) is 0.209. The van der Waals surface area contributed by atoms with Crippen molar-refractivity contribution in [2.24, 2.45) is 0 Å². The largest absolute Gasteiger partial charge is 0.379 e. The van der Waals surface area contributed by atoms with Gasteiger partial charge in [-0.1, -0.05) is 19.8 Å². The van der Waals surface area contributed by atoms with Crippen LogP contribution in [0.15, 0.2) is 0 Å². The minimum atomic E-state index is 0.209. The molecule has 0 atom stereocenters. The summed E-state index contributed by atoms with van der Waals surface area (Å²) in [5, 5.41) is 2.98. The Morgan fingerprint density at radius 1 is 1.24 bits per heavy atom. The fourth-order valence-corrected chi connectivity index (χ4v) is 1.98. The third kappa shape index (κ3) is 7.34. The highest BCUT2D eigenvalue weighted by atomic mass is 16.5. The van der Waals surface area contributed by atoms with Crippen molar-refractivity contribution < 1.29 is 9.53 Å². The van der Waals surface area contributed by atoms with E-state index in [0.29, 0.717) is 6.42 Å². The maximum absolute atomic E-state index is 11.4. The van der Waals surface area contributed by atoms with E-state index in [9.17, 15) is 4.79 Å². The number of rotatable bonds is 8. The van der Waals surface area contributed by atoms with Crippen LogP contribution in [-0.4, -0.2) is 50.2 Å². The molecule has 1 saturated heterocycles. The van der Waals surface area contributed by atoms with Gasteiger partial charge in [0.05, 0.1) is 13.2 Å². The van der Waals surface area contributed by atoms with Crippen molar-refractivity contribution in [1.82, 2.24) is 10.2 Å². The van der Waals surface area contributed by atoms with Gasteiger partial charge in [0.1, 0.15) is 0 Å². The van der Waals surface area contributed by atoms with Gasteiger partial charge in [0.25, 0.3) is 0 Å². The van der Waals surface area contributed by atoms with Crippen LogP contribution in [0, 0.1) is 0 Å². The van der Waals surface area contributed by atoms with Crippen LogP contribution in [0.25, 0.3) is 0 Å². The summed E-state index contributed by atoms with van der Waals surface area (Å²) in [6, 6.07) is 0. The smallest absolute Gasteiger partial charge is 0.219 e. The van der Waals surface area contributed by atoms with E-state index in [2.05, 4.69) is 17.1 Å². The quantitative estimate of drug-likeness (QED) is 0.654. The predicted octanol–water partition coefficient (Wildman–Crippen LogP) is 1.41. The van der Waals surface area contributed by atoms with Gasteiger partial charge in [0, 0.05) is 26.1 Å². The van der Waals surface area contributed by atoms with Crippen LogP contribution in [0.4, 0.5) is 0 Å². The first-order valence-electron chi connectivity index (χ1n) is 6.89. The summed E-state index contributed by atoms with van der Waals surface area (Å²) < 4.78 is 5.29. The predicted molar refractivity (Wildman–Crippen MR) is 69.0 cm³/mol. The Morgan fingerprint density at radius 3 is 2.71 bits per heavy atom. The third-order valence-corrected chi connectivity index (χ3v) is 3.08. The zero-order chi connectivity index (χ0) is 12.3. The van der Waals surface area contributed by atoms with E-state index in [0.717, 1.165) is 58.7 Å². The maximum Gasteiger partial charge on any atom is 0.219 e. The first-order valence-corrected chi connectivity index (χ1v) is 6.89. The SMILES string of the molecule is CCCCCC(=O)NCCCN1CCOCC1. The van der Waals surface area contributed by atoms with E-state index in [-0.39, 0.29) is 5.91 Å². The van der Waals surface area contributed by atoms with Crippen molar-refractivity contribution in [2.75, 3.05) is 39.4 Å². The van der Waals surface area contributed by atoms with Gasteiger partial charge in [-0.25, -0.2) is 0 Å². The zero-order valence-electron chi connectivity index (χ0n) is 11.0. The molecule has 0 unspecified atom stereocenters. The molecule has 1 heterocycles. The highest BCUT2D eigenvalue weighted by molar-refractivity contribution is 5.75. The minimum Gasteiger partial charge on any atom is -0.379 e. The van der Waals surface area contributed by atoms with Crippen LogP contribution >= 0.6 is 0 Å². The first-order chi connectivity index (χ1) is 8.33. The molecule has 1 rings (SSSR count). The van der Waals surface area contributed by atoms with E-state index in [1.165, 1.54) is 6.42 Å². The van der Waals surface area contributed by atoms with Crippen LogP contribution in [0.1, 0.15) is 39.0 Å². The van der Waals surface area contributed by atoms with E-state index in [1.807, 2.05) is 0 Å². The Hall–Kier alpha value is -0.610. The second kappa shape index (κ2) is 9.42. The number of ether oxygens (including phenoxy) is 1. The molecule has 0 aromatic heterocycles. The van der Waals surface area contributed by atoms with Crippen molar-refractivity contribution in [3.05, 3.63) is 0 Å². The average Bonchev–Trinajstić information content (AvgIpc) is 2.36. The Bertz CT molecular complexity index is 204. The molecule has 0 aromatic carbocycles. The van der Waals surface area contributed by atoms with E-state index < -0.39 is 0 Å². The summed E-state index contributed by atoms with van der Waals surface area (Å²) in [6.45, 7) is 7.79. The molecule has 4 heteroatoms. The molecule has 17 heavy (non-hydrogen) atoms. The summed E-state index contributed by atoms with van der Waals surface area (Å²) in [6.07, 6.45) is 5.07. The molecule has 0 aliphatic carbocycles. The standard InChI is InChI=1S/C13H26N2O2/c1-2-3-4-6-13(16)14-7-5-8-15-9-11-17-12-10-15/h2-12H2,1H3,(H,14,16). The third-order valence-electron chi connectivity index (χ3n) is 3.08. The van der Waals surface area contributed by atoms with Crippen molar-refractivity contribution >= 4 is 5.91 Å². The zero-order valence-corrected chi connectivity index (χ0v) is 11.0. The molecule has 0 bridgehead atoms. The van der Waals surface area contributed by atoms with Gasteiger partial charge >= 0.3 is 0 Å². The van der Waals surface area contributed by atoms with Crippen molar-refractivity contribution in [3.63, 3.8) is 0 Å². The molecule has 1 aliphatic heterocycles. The van der Waals surface area contributed by atoms with Crippen LogP contribution in [0.3, 0.4) is 0 Å². The molecule has 1 N–H and O–H groups in total. The Labute approximate surface area is 105 Å². The number of amides is 1. The average molecular weight is 242 g/mol. The fourth-order valence-electron chi connectivity index (χ4n) is 1.98. The number of morpholine rings is 1. The van der Waals surface area contributed by atoms with Crippen LogP contribution in [0.2, 0.25) is 0 Å². The normalized spacial score (nSPS) is 17.0. The lowest BCUT2D eigenvalue weighted by Crippen LogP contribution is -2.38. The van der Waals surface area contributed by atoms with Gasteiger partial charge in [0.15, 0.2) is 0 Å². The van der Waals surface area contributed by atoms with Crippen LogP contribution < -0.4 is 5.32 Å². The molecule has 0 saturated carbocycles. The van der Waals surface area contributed by atoms with Crippen molar-refractivity contribution in [1.29, 1.82) is 0 Å². The number of hydrogen-bond donors (Lipinski definition) is 1. The van der Waals surface area contributed by atoms with E-state index >= 15 is 0 Å². The molecule has 0 aromatic rings. The monoisotopic (exact) mass is 242 g/mol.